The lowest BCUT2D eigenvalue weighted by atomic mass is 10.1. The number of rotatable bonds is 17. The van der Waals surface area contributed by atoms with Crippen molar-refractivity contribution in [3.8, 4) is 0 Å². The molecule has 0 bridgehead atoms. The molecule has 0 aromatic heterocycles. The fourth-order valence-electron chi connectivity index (χ4n) is 8.00. The molecule has 0 N–H and O–H groups in total. The maximum atomic E-state index is 13.7. The molecule has 0 radical (unpaired) electrons. The Hall–Kier alpha value is -4.93. The summed E-state index contributed by atoms with van der Waals surface area (Å²) < 4.78 is 55.2. The number of ether oxygens (including phenoxy) is 8. The minimum Gasteiger partial charge on any atom is -0.459 e. The molecule has 2 saturated heterocycles. The summed E-state index contributed by atoms with van der Waals surface area (Å²) in [4.78, 5) is 65.6. The zero-order valence-corrected chi connectivity index (χ0v) is 35.6. The molecule has 0 saturated carbocycles. The SMILES string of the molecule is CC(=O)OC1C(OC(C)=O)[C@@H](CO[Si](C(C)C)(C(C)C)C(C)C)O[C@@H]1OC1C(OC(=O)c2ccccc2)[C@@H](COC(=O)c2ccccc2)O[C@@H]1OC(=O)c1ccccc1. The summed E-state index contributed by atoms with van der Waals surface area (Å²) in [5.74, 6) is -3.67. The van der Waals surface area contributed by atoms with Crippen molar-refractivity contribution in [2.45, 2.75) is 121 Å². The van der Waals surface area contributed by atoms with Crippen LogP contribution in [0.15, 0.2) is 91.0 Å². The molecule has 0 aliphatic carbocycles. The maximum Gasteiger partial charge on any atom is 0.340 e. The van der Waals surface area contributed by atoms with Gasteiger partial charge in [0.25, 0.3) is 0 Å². The van der Waals surface area contributed by atoms with E-state index in [9.17, 15) is 24.0 Å². The number of hydrogen-bond donors (Lipinski definition) is 0. The smallest absolute Gasteiger partial charge is 0.340 e. The molecule has 59 heavy (non-hydrogen) atoms. The monoisotopic (exact) mass is 834 g/mol. The molecule has 4 unspecified atom stereocenters. The van der Waals surface area contributed by atoms with Gasteiger partial charge in [0.2, 0.25) is 6.29 Å². The second kappa shape index (κ2) is 20.4. The number of esters is 5. The zero-order chi connectivity index (χ0) is 42.9. The lowest BCUT2D eigenvalue weighted by Crippen LogP contribution is -2.50. The van der Waals surface area contributed by atoms with E-state index in [2.05, 4.69) is 41.5 Å². The first-order valence-corrected chi connectivity index (χ1v) is 21.9. The van der Waals surface area contributed by atoms with E-state index < -0.39 is 94.0 Å². The summed E-state index contributed by atoms with van der Waals surface area (Å²) >= 11 is 0. The highest BCUT2D eigenvalue weighted by Gasteiger charge is 2.57. The van der Waals surface area contributed by atoms with E-state index in [1.807, 2.05) is 0 Å². The third-order valence-corrected chi connectivity index (χ3v) is 16.6. The van der Waals surface area contributed by atoms with Gasteiger partial charge in [0, 0.05) is 13.8 Å². The highest BCUT2D eigenvalue weighted by Crippen LogP contribution is 2.43. The summed E-state index contributed by atoms with van der Waals surface area (Å²) in [7, 11) is -2.50. The van der Waals surface area contributed by atoms with E-state index in [1.54, 1.807) is 91.0 Å². The highest BCUT2D eigenvalue weighted by molar-refractivity contribution is 6.77. The second-order valence-corrected chi connectivity index (χ2v) is 20.9. The lowest BCUT2D eigenvalue weighted by Gasteiger charge is -2.42. The van der Waals surface area contributed by atoms with Gasteiger partial charge < -0.3 is 42.3 Å². The van der Waals surface area contributed by atoms with Crippen molar-refractivity contribution in [3.05, 3.63) is 108 Å². The average Bonchev–Trinajstić information content (AvgIpc) is 3.68. The van der Waals surface area contributed by atoms with Gasteiger partial charge in [-0.2, -0.15) is 0 Å². The number of benzene rings is 3. The van der Waals surface area contributed by atoms with Crippen molar-refractivity contribution in [2.75, 3.05) is 13.2 Å². The molecule has 5 rings (SSSR count). The molecular weight excluding hydrogens is 781 g/mol. The van der Waals surface area contributed by atoms with Crippen LogP contribution in [-0.2, 0) is 51.9 Å². The van der Waals surface area contributed by atoms with Crippen LogP contribution in [0, 0.1) is 0 Å². The van der Waals surface area contributed by atoms with Crippen molar-refractivity contribution in [1.29, 1.82) is 0 Å². The predicted octanol–water partition coefficient (Wildman–Crippen LogP) is 6.82. The van der Waals surface area contributed by atoms with Crippen LogP contribution in [0.3, 0.4) is 0 Å². The van der Waals surface area contributed by atoms with E-state index >= 15 is 0 Å². The van der Waals surface area contributed by atoms with Crippen LogP contribution in [0.5, 0.6) is 0 Å². The van der Waals surface area contributed by atoms with E-state index in [4.69, 9.17) is 42.3 Å². The van der Waals surface area contributed by atoms with E-state index in [1.165, 1.54) is 13.8 Å². The molecule has 2 heterocycles. The van der Waals surface area contributed by atoms with Crippen LogP contribution in [0.1, 0.15) is 86.5 Å². The number of hydrogen-bond acceptors (Lipinski definition) is 14. The Balaban J connectivity index is 1.53. The molecule has 3 aromatic rings. The van der Waals surface area contributed by atoms with Crippen LogP contribution < -0.4 is 0 Å². The van der Waals surface area contributed by atoms with Gasteiger partial charge in [0.15, 0.2) is 39.0 Å². The van der Waals surface area contributed by atoms with Crippen LogP contribution in [0.2, 0.25) is 16.6 Å². The molecule has 3 aromatic carbocycles. The highest BCUT2D eigenvalue weighted by atomic mass is 28.4. The van der Waals surface area contributed by atoms with Gasteiger partial charge in [-0.25, -0.2) is 14.4 Å². The van der Waals surface area contributed by atoms with Gasteiger partial charge in [-0.3, -0.25) is 9.59 Å². The summed E-state index contributed by atoms with van der Waals surface area (Å²) in [5.41, 5.74) is 1.24. The van der Waals surface area contributed by atoms with Crippen LogP contribution >= 0.6 is 0 Å². The van der Waals surface area contributed by atoms with Gasteiger partial charge in [-0.05, 0) is 53.0 Å². The number of carbonyl (C=O) groups is 5. The Kier molecular flexibility index (Phi) is 15.6. The lowest BCUT2D eigenvalue weighted by molar-refractivity contribution is -0.239. The molecule has 8 atom stereocenters. The molecule has 2 aliphatic rings. The van der Waals surface area contributed by atoms with Crippen molar-refractivity contribution < 1.29 is 66.3 Å². The first-order valence-electron chi connectivity index (χ1n) is 19.8. The Labute approximate surface area is 345 Å². The fraction of sp³-hybridized carbons (Fsp3) is 0.477. The predicted molar refractivity (Wildman–Crippen MR) is 215 cm³/mol. The maximum absolute atomic E-state index is 13.7. The first-order chi connectivity index (χ1) is 28.1. The molecule has 0 spiro atoms. The Morgan fingerprint density at radius 2 is 0.915 bits per heavy atom. The minimum absolute atomic E-state index is 0.0333. The Morgan fingerprint density at radius 3 is 1.39 bits per heavy atom. The largest absolute Gasteiger partial charge is 0.459 e. The molecule has 15 heteroatoms. The minimum atomic E-state index is -2.50. The van der Waals surface area contributed by atoms with Gasteiger partial charge in [0.05, 0.1) is 23.3 Å². The van der Waals surface area contributed by atoms with Crippen molar-refractivity contribution in [3.63, 3.8) is 0 Å². The van der Waals surface area contributed by atoms with Gasteiger partial charge in [0.1, 0.15) is 18.8 Å². The summed E-state index contributed by atoms with van der Waals surface area (Å²) in [5, 5.41) is 0. The van der Waals surface area contributed by atoms with Crippen LogP contribution in [-0.4, -0.2) is 101 Å². The average molecular weight is 835 g/mol. The molecular formula is C44H54O14Si. The van der Waals surface area contributed by atoms with Gasteiger partial charge >= 0.3 is 29.8 Å². The van der Waals surface area contributed by atoms with E-state index in [0.29, 0.717) is 0 Å². The van der Waals surface area contributed by atoms with Gasteiger partial charge in [-0.15, -0.1) is 0 Å². The van der Waals surface area contributed by atoms with E-state index in [0.717, 1.165) is 0 Å². The molecule has 2 fully saturated rings. The second-order valence-electron chi connectivity index (χ2n) is 15.4. The topological polar surface area (TPSA) is 168 Å². The summed E-state index contributed by atoms with van der Waals surface area (Å²) in [6, 6.07) is 24.5. The standard InChI is InChI=1S/C44H54O14Si/c1-26(2)59(27(3)4,28(5)6)51-25-35-36(52-29(7)45)38(53-30(8)46)43(55-35)57-39-37(56-41(48)32-20-14-10-15-21-32)34(24-50-40(47)31-18-12-9-13-19-31)54-44(39)58-42(49)33-22-16-11-17-23-33/h9-23,26-28,34-39,43-44H,24-25H2,1-8H3/t34-,35-,36?,37?,38?,39?,43-,44-/m1/s1. The fourth-order valence-corrected chi connectivity index (χ4v) is 13.5. The normalized spacial score (nSPS) is 24.2. The molecule has 14 nitrogen and oxygen atoms in total. The first kappa shape index (κ1) is 45.2. The van der Waals surface area contributed by atoms with Crippen molar-refractivity contribution in [2.24, 2.45) is 0 Å². The summed E-state index contributed by atoms with van der Waals surface area (Å²) in [6.45, 7) is 14.7. The van der Waals surface area contributed by atoms with Crippen molar-refractivity contribution in [1.82, 2.24) is 0 Å². The third-order valence-electron chi connectivity index (χ3n) is 10.5. The zero-order valence-electron chi connectivity index (χ0n) is 34.6. The van der Waals surface area contributed by atoms with Crippen LogP contribution in [0.25, 0.3) is 0 Å². The molecule has 2 aliphatic heterocycles. The summed E-state index contributed by atoms with van der Waals surface area (Å²) in [6.07, 6.45) is -10.8. The van der Waals surface area contributed by atoms with Crippen LogP contribution in [0.4, 0.5) is 0 Å². The number of carbonyl (C=O) groups excluding carboxylic acids is 5. The Bertz CT molecular complexity index is 1850. The quantitative estimate of drug-likeness (QED) is 0.0789. The van der Waals surface area contributed by atoms with Crippen molar-refractivity contribution >= 4 is 38.2 Å². The third kappa shape index (κ3) is 11.0. The van der Waals surface area contributed by atoms with Gasteiger partial charge in [-0.1, -0.05) is 96.1 Å². The van der Waals surface area contributed by atoms with E-state index in [-0.39, 0.29) is 39.9 Å². The molecule has 0 amide bonds. The Morgan fingerprint density at radius 1 is 0.508 bits per heavy atom. The molecule has 318 valence electrons.